The lowest BCUT2D eigenvalue weighted by atomic mass is 9.95. The number of rotatable bonds is 4. The van der Waals surface area contributed by atoms with E-state index in [4.69, 9.17) is 4.74 Å². The van der Waals surface area contributed by atoms with Crippen LogP contribution in [0.3, 0.4) is 0 Å². The predicted molar refractivity (Wildman–Crippen MR) is 74.0 cm³/mol. The van der Waals surface area contributed by atoms with Gasteiger partial charge in [0, 0.05) is 17.8 Å². The number of hydrogen-bond acceptors (Lipinski definition) is 3. The van der Waals surface area contributed by atoms with Crippen molar-refractivity contribution in [3.8, 4) is 5.88 Å². The predicted octanol–water partition coefficient (Wildman–Crippen LogP) is 3.34. The minimum absolute atomic E-state index is 0.552. The monoisotopic (exact) mass is 248 g/mol. The van der Waals surface area contributed by atoms with E-state index in [1.54, 1.807) is 7.11 Å². The van der Waals surface area contributed by atoms with Gasteiger partial charge in [0.05, 0.1) is 7.11 Å². The van der Waals surface area contributed by atoms with Gasteiger partial charge in [0.15, 0.2) is 0 Å². The Morgan fingerprint density at radius 2 is 2.28 bits per heavy atom. The molecule has 3 heteroatoms. The Kier molecular flexibility index (Phi) is 4.59. The van der Waals surface area contributed by atoms with Gasteiger partial charge in [-0.25, -0.2) is 4.98 Å². The molecular formula is C15H24N2O. The number of ether oxygens (including phenoxy) is 1. The zero-order valence-corrected chi connectivity index (χ0v) is 11.8. The molecule has 1 saturated heterocycles. The molecule has 0 saturated carbocycles. The van der Waals surface area contributed by atoms with Crippen LogP contribution in [0.4, 0.5) is 0 Å². The van der Waals surface area contributed by atoms with E-state index in [1.165, 1.54) is 44.3 Å². The Morgan fingerprint density at radius 3 is 2.94 bits per heavy atom. The molecule has 1 aliphatic rings. The van der Waals surface area contributed by atoms with Gasteiger partial charge in [0.1, 0.15) is 0 Å². The minimum atomic E-state index is 0.552. The van der Waals surface area contributed by atoms with Crippen molar-refractivity contribution in [2.75, 3.05) is 20.2 Å². The lowest BCUT2D eigenvalue weighted by Crippen LogP contribution is -2.34. The highest BCUT2D eigenvalue weighted by Crippen LogP contribution is 2.32. The summed E-state index contributed by atoms with van der Waals surface area (Å²) < 4.78 is 5.24. The molecule has 100 valence electrons. The lowest BCUT2D eigenvalue weighted by molar-refractivity contribution is 0.148. The van der Waals surface area contributed by atoms with Crippen LogP contribution in [0.15, 0.2) is 12.3 Å². The molecule has 0 radical (unpaired) electrons. The number of piperidine rings is 1. The van der Waals surface area contributed by atoms with E-state index in [0.29, 0.717) is 6.04 Å². The number of aryl methyl sites for hydroxylation is 1. The molecule has 1 aromatic rings. The summed E-state index contributed by atoms with van der Waals surface area (Å²) in [5.41, 5.74) is 2.48. The van der Waals surface area contributed by atoms with Gasteiger partial charge in [0.25, 0.3) is 0 Å². The SMILES string of the molecule is CCCN1CCCCC1c1cnc(OC)c(C)c1. The second-order valence-corrected chi connectivity index (χ2v) is 5.14. The first-order chi connectivity index (χ1) is 8.76. The molecule has 0 bridgehead atoms. The van der Waals surface area contributed by atoms with Crippen molar-refractivity contribution < 1.29 is 4.74 Å². The lowest BCUT2D eigenvalue weighted by Gasteiger charge is -2.35. The summed E-state index contributed by atoms with van der Waals surface area (Å²) in [6.07, 6.45) is 7.13. The molecule has 1 fully saturated rings. The van der Waals surface area contributed by atoms with E-state index in [9.17, 15) is 0 Å². The first-order valence-corrected chi connectivity index (χ1v) is 7.00. The van der Waals surface area contributed by atoms with Crippen LogP contribution in [-0.4, -0.2) is 30.1 Å². The fourth-order valence-corrected chi connectivity index (χ4v) is 2.90. The summed E-state index contributed by atoms with van der Waals surface area (Å²) >= 11 is 0. The van der Waals surface area contributed by atoms with Gasteiger partial charge in [-0.3, -0.25) is 4.90 Å². The average molecular weight is 248 g/mol. The molecule has 1 aliphatic heterocycles. The van der Waals surface area contributed by atoms with E-state index in [-0.39, 0.29) is 0 Å². The first kappa shape index (κ1) is 13.3. The molecule has 0 amide bonds. The number of methoxy groups -OCH3 is 1. The Balaban J connectivity index is 2.19. The molecule has 1 atom stereocenters. The van der Waals surface area contributed by atoms with Crippen molar-refractivity contribution in [2.24, 2.45) is 0 Å². The highest BCUT2D eigenvalue weighted by atomic mass is 16.5. The molecule has 18 heavy (non-hydrogen) atoms. The van der Waals surface area contributed by atoms with Crippen LogP contribution < -0.4 is 4.74 Å². The zero-order valence-electron chi connectivity index (χ0n) is 11.8. The van der Waals surface area contributed by atoms with Crippen LogP contribution in [0, 0.1) is 6.92 Å². The number of likely N-dealkylation sites (tertiary alicyclic amines) is 1. The standard InChI is InChI=1S/C15H24N2O/c1-4-8-17-9-6-5-7-14(17)13-10-12(2)15(18-3)16-11-13/h10-11,14H,4-9H2,1-3H3. The van der Waals surface area contributed by atoms with Crippen LogP contribution in [0.25, 0.3) is 0 Å². The van der Waals surface area contributed by atoms with Crippen LogP contribution in [-0.2, 0) is 0 Å². The van der Waals surface area contributed by atoms with Crippen molar-refractivity contribution >= 4 is 0 Å². The maximum atomic E-state index is 5.24. The van der Waals surface area contributed by atoms with Gasteiger partial charge in [-0.1, -0.05) is 13.3 Å². The van der Waals surface area contributed by atoms with Gasteiger partial charge in [-0.05, 0) is 50.9 Å². The van der Waals surface area contributed by atoms with Crippen molar-refractivity contribution in [3.05, 3.63) is 23.4 Å². The third-order valence-electron chi connectivity index (χ3n) is 3.75. The van der Waals surface area contributed by atoms with E-state index < -0.39 is 0 Å². The van der Waals surface area contributed by atoms with Crippen LogP contribution in [0.2, 0.25) is 0 Å². The molecule has 0 aliphatic carbocycles. The fourth-order valence-electron chi connectivity index (χ4n) is 2.90. The Hall–Kier alpha value is -1.09. The fraction of sp³-hybridized carbons (Fsp3) is 0.667. The van der Waals surface area contributed by atoms with Crippen LogP contribution in [0.5, 0.6) is 5.88 Å². The highest BCUT2D eigenvalue weighted by molar-refractivity contribution is 5.30. The molecule has 2 rings (SSSR count). The highest BCUT2D eigenvalue weighted by Gasteiger charge is 2.23. The van der Waals surface area contributed by atoms with E-state index in [1.807, 2.05) is 6.20 Å². The zero-order chi connectivity index (χ0) is 13.0. The van der Waals surface area contributed by atoms with Gasteiger partial charge in [-0.2, -0.15) is 0 Å². The normalized spacial score (nSPS) is 20.9. The van der Waals surface area contributed by atoms with Gasteiger partial charge in [0.2, 0.25) is 5.88 Å². The van der Waals surface area contributed by atoms with Gasteiger partial charge in [-0.15, -0.1) is 0 Å². The molecular weight excluding hydrogens is 224 g/mol. The molecule has 1 unspecified atom stereocenters. The number of pyridine rings is 1. The molecule has 1 aromatic heterocycles. The molecule has 0 spiro atoms. The van der Waals surface area contributed by atoms with Crippen LogP contribution in [0.1, 0.15) is 49.8 Å². The third kappa shape index (κ3) is 2.83. The number of nitrogens with zero attached hydrogens (tertiary/aromatic N) is 2. The minimum Gasteiger partial charge on any atom is -0.481 e. The maximum Gasteiger partial charge on any atom is 0.215 e. The second-order valence-electron chi connectivity index (χ2n) is 5.14. The molecule has 0 N–H and O–H groups in total. The topological polar surface area (TPSA) is 25.4 Å². The van der Waals surface area contributed by atoms with Crippen molar-refractivity contribution in [1.29, 1.82) is 0 Å². The smallest absolute Gasteiger partial charge is 0.215 e. The quantitative estimate of drug-likeness (QED) is 0.817. The summed E-state index contributed by atoms with van der Waals surface area (Å²) in [5, 5.41) is 0. The molecule has 2 heterocycles. The largest absolute Gasteiger partial charge is 0.481 e. The Morgan fingerprint density at radius 1 is 1.44 bits per heavy atom. The van der Waals surface area contributed by atoms with Crippen molar-refractivity contribution in [3.63, 3.8) is 0 Å². The van der Waals surface area contributed by atoms with E-state index in [2.05, 4.69) is 29.8 Å². The summed E-state index contributed by atoms with van der Waals surface area (Å²) in [4.78, 5) is 7.02. The van der Waals surface area contributed by atoms with E-state index in [0.717, 1.165) is 11.4 Å². The van der Waals surface area contributed by atoms with Gasteiger partial charge >= 0.3 is 0 Å². The van der Waals surface area contributed by atoms with Crippen molar-refractivity contribution in [1.82, 2.24) is 9.88 Å². The average Bonchev–Trinajstić information content (AvgIpc) is 2.40. The Labute approximate surface area is 110 Å². The van der Waals surface area contributed by atoms with Crippen molar-refractivity contribution in [2.45, 2.75) is 45.6 Å². The third-order valence-corrected chi connectivity index (χ3v) is 3.75. The van der Waals surface area contributed by atoms with Gasteiger partial charge < -0.3 is 4.74 Å². The first-order valence-electron chi connectivity index (χ1n) is 7.00. The molecule has 0 aromatic carbocycles. The summed E-state index contributed by atoms with van der Waals surface area (Å²) in [6.45, 7) is 6.74. The Bertz CT molecular complexity index is 390. The van der Waals surface area contributed by atoms with Crippen LogP contribution >= 0.6 is 0 Å². The molecule has 3 nitrogen and oxygen atoms in total. The van der Waals surface area contributed by atoms with E-state index >= 15 is 0 Å². The summed E-state index contributed by atoms with van der Waals surface area (Å²) in [5.74, 6) is 0.747. The number of aromatic nitrogens is 1. The number of hydrogen-bond donors (Lipinski definition) is 0. The summed E-state index contributed by atoms with van der Waals surface area (Å²) in [7, 11) is 1.68. The maximum absolute atomic E-state index is 5.24. The summed E-state index contributed by atoms with van der Waals surface area (Å²) in [6, 6.07) is 2.79. The second kappa shape index (κ2) is 6.19.